The minimum absolute atomic E-state index is 0.0483. The van der Waals surface area contributed by atoms with Gasteiger partial charge < -0.3 is 11.1 Å². The van der Waals surface area contributed by atoms with Crippen LogP contribution in [0, 0.1) is 6.92 Å². The molecule has 0 radical (unpaired) electrons. The van der Waals surface area contributed by atoms with Gasteiger partial charge in [-0.25, -0.2) is 4.68 Å². The molecule has 1 aromatic rings. The zero-order valence-corrected chi connectivity index (χ0v) is 11.2. The number of nitrogens with two attached hydrogens (primary N) is 1. The number of alkyl halides is 3. The molecule has 1 aromatic heterocycles. The summed E-state index contributed by atoms with van der Waals surface area (Å²) in [4.78, 5) is 0. The van der Waals surface area contributed by atoms with Crippen LogP contribution in [0.25, 0.3) is 0 Å². The molecule has 18 heavy (non-hydrogen) atoms. The van der Waals surface area contributed by atoms with E-state index in [1.807, 2.05) is 6.92 Å². The van der Waals surface area contributed by atoms with Crippen molar-refractivity contribution in [3.63, 3.8) is 0 Å². The first kappa shape index (κ1) is 15.0. The van der Waals surface area contributed by atoms with E-state index in [2.05, 4.69) is 10.4 Å². The van der Waals surface area contributed by atoms with Gasteiger partial charge >= 0.3 is 5.51 Å². The zero-order valence-electron chi connectivity index (χ0n) is 10.3. The Morgan fingerprint density at radius 3 is 2.67 bits per heavy atom. The molecule has 0 saturated carbocycles. The first-order chi connectivity index (χ1) is 8.35. The van der Waals surface area contributed by atoms with E-state index in [0.29, 0.717) is 23.7 Å². The normalized spacial score (nSPS) is 11.8. The van der Waals surface area contributed by atoms with Gasteiger partial charge in [-0.1, -0.05) is 6.92 Å². The van der Waals surface area contributed by atoms with E-state index in [9.17, 15) is 13.2 Å². The fourth-order valence-corrected chi connectivity index (χ4v) is 1.93. The van der Waals surface area contributed by atoms with E-state index < -0.39 is 5.51 Å². The van der Waals surface area contributed by atoms with Crippen LogP contribution in [0.2, 0.25) is 0 Å². The Kier molecular flexibility index (Phi) is 5.18. The predicted molar refractivity (Wildman–Crippen MR) is 68.7 cm³/mol. The number of hydrogen-bond donors (Lipinski definition) is 2. The molecule has 0 bridgehead atoms. The number of halogens is 3. The fourth-order valence-electron chi connectivity index (χ4n) is 1.49. The largest absolute Gasteiger partial charge is 0.441 e. The van der Waals surface area contributed by atoms with Crippen LogP contribution < -0.4 is 11.1 Å². The van der Waals surface area contributed by atoms with Crippen LogP contribution in [0.4, 0.5) is 24.7 Å². The highest BCUT2D eigenvalue weighted by Gasteiger charge is 2.27. The lowest BCUT2D eigenvalue weighted by atomic mass is 10.4. The Morgan fingerprint density at radius 2 is 2.11 bits per heavy atom. The zero-order chi connectivity index (χ0) is 13.8. The molecule has 0 aromatic carbocycles. The summed E-state index contributed by atoms with van der Waals surface area (Å²) >= 11 is -0.0483. The van der Waals surface area contributed by atoms with E-state index in [1.54, 1.807) is 11.6 Å². The lowest BCUT2D eigenvalue weighted by molar-refractivity contribution is -0.0327. The molecule has 0 saturated heterocycles. The first-order valence-electron chi connectivity index (χ1n) is 5.62. The van der Waals surface area contributed by atoms with E-state index in [0.717, 1.165) is 6.42 Å². The van der Waals surface area contributed by atoms with Crippen molar-refractivity contribution in [2.45, 2.75) is 32.3 Å². The van der Waals surface area contributed by atoms with Crippen molar-refractivity contribution < 1.29 is 13.2 Å². The molecule has 0 unspecified atom stereocenters. The molecular weight excluding hydrogens is 265 g/mol. The number of aromatic nitrogens is 2. The van der Waals surface area contributed by atoms with Gasteiger partial charge in [-0.3, -0.25) is 0 Å². The van der Waals surface area contributed by atoms with E-state index in [1.165, 1.54) is 0 Å². The number of nitrogens with one attached hydrogen (secondary N) is 1. The first-order valence-corrected chi connectivity index (χ1v) is 6.61. The number of thioether (sulfide) groups is 1. The summed E-state index contributed by atoms with van der Waals surface area (Å²) in [5.74, 6) is 0.552. The maximum absolute atomic E-state index is 12.0. The quantitative estimate of drug-likeness (QED) is 0.788. The summed E-state index contributed by atoms with van der Waals surface area (Å²) in [6.45, 7) is 4.66. The molecule has 0 spiro atoms. The third kappa shape index (κ3) is 4.32. The van der Waals surface area contributed by atoms with Gasteiger partial charge in [-0.15, -0.1) is 0 Å². The minimum Gasteiger partial charge on any atom is -0.394 e. The maximum Gasteiger partial charge on any atom is 0.441 e. The second-order valence-electron chi connectivity index (χ2n) is 3.79. The third-order valence-electron chi connectivity index (χ3n) is 2.27. The summed E-state index contributed by atoms with van der Waals surface area (Å²) in [5, 5.41) is 7.14. The number of nitrogen functional groups attached to an aromatic ring is 1. The highest BCUT2D eigenvalue weighted by molar-refractivity contribution is 8.00. The van der Waals surface area contributed by atoms with Gasteiger partial charge in [0.05, 0.1) is 11.4 Å². The van der Waals surface area contributed by atoms with Crippen LogP contribution in [-0.2, 0) is 6.54 Å². The van der Waals surface area contributed by atoms with E-state index >= 15 is 0 Å². The topological polar surface area (TPSA) is 55.9 Å². The molecular formula is C10H17F3N4S. The molecule has 104 valence electrons. The van der Waals surface area contributed by atoms with Gasteiger partial charge in [-0.2, -0.15) is 18.3 Å². The third-order valence-corrected chi connectivity index (χ3v) is 3.00. The van der Waals surface area contributed by atoms with Crippen molar-refractivity contribution in [1.82, 2.24) is 9.78 Å². The van der Waals surface area contributed by atoms with Crippen LogP contribution >= 0.6 is 11.8 Å². The summed E-state index contributed by atoms with van der Waals surface area (Å²) in [7, 11) is 0. The van der Waals surface area contributed by atoms with Crippen LogP contribution in [0.15, 0.2) is 0 Å². The second kappa shape index (κ2) is 6.21. The Hall–Kier alpha value is -1.05. The van der Waals surface area contributed by atoms with Gasteiger partial charge in [0.15, 0.2) is 0 Å². The van der Waals surface area contributed by atoms with Crippen LogP contribution in [-0.4, -0.2) is 27.6 Å². The molecule has 0 fully saturated rings. The molecule has 1 rings (SSSR count). The summed E-state index contributed by atoms with van der Waals surface area (Å²) in [6, 6.07) is 0. The summed E-state index contributed by atoms with van der Waals surface area (Å²) in [6.07, 6.45) is 0.881. The summed E-state index contributed by atoms with van der Waals surface area (Å²) < 4.78 is 37.6. The number of nitrogens with zero attached hydrogens (tertiary/aromatic N) is 2. The average molecular weight is 282 g/mol. The smallest absolute Gasteiger partial charge is 0.394 e. The Bertz CT molecular complexity index is 389. The van der Waals surface area contributed by atoms with E-state index in [4.69, 9.17) is 5.73 Å². The van der Waals surface area contributed by atoms with Gasteiger partial charge in [0.25, 0.3) is 0 Å². The fraction of sp³-hybridized carbons (Fsp3) is 0.700. The van der Waals surface area contributed by atoms with E-state index in [-0.39, 0.29) is 24.1 Å². The van der Waals surface area contributed by atoms with Crippen LogP contribution in [0.5, 0.6) is 0 Å². The van der Waals surface area contributed by atoms with Gasteiger partial charge in [0.2, 0.25) is 0 Å². The number of anilines is 2. The Balaban J connectivity index is 2.55. The SMILES string of the molecule is CCCn1nc(C)c(N)c1NCCSC(F)(F)F. The monoisotopic (exact) mass is 282 g/mol. The van der Waals surface area contributed by atoms with Gasteiger partial charge in [0, 0.05) is 18.8 Å². The van der Waals surface area contributed by atoms with Gasteiger partial charge in [-0.05, 0) is 25.1 Å². The summed E-state index contributed by atoms with van der Waals surface area (Å²) in [5.41, 5.74) is 2.83. The average Bonchev–Trinajstić information content (AvgIpc) is 2.50. The molecule has 0 aliphatic heterocycles. The van der Waals surface area contributed by atoms with Crippen molar-refractivity contribution >= 4 is 23.3 Å². The predicted octanol–water partition coefficient (Wildman–Crippen LogP) is 2.85. The molecule has 0 atom stereocenters. The number of rotatable bonds is 6. The molecule has 0 aliphatic carbocycles. The van der Waals surface area contributed by atoms with Crippen molar-refractivity contribution in [3.05, 3.63) is 5.69 Å². The molecule has 1 heterocycles. The lowest BCUT2D eigenvalue weighted by Gasteiger charge is -2.10. The Morgan fingerprint density at radius 1 is 1.44 bits per heavy atom. The standard InChI is InChI=1S/C10H17F3N4S/c1-3-5-17-9(8(14)7(2)16-17)15-4-6-18-10(11,12)13/h15H,3-6,14H2,1-2H3. The van der Waals surface area contributed by atoms with Crippen LogP contribution in [0.1, 0.15) is 19.0 Å². The van der Waals surface area contributed by atoms with Crippen molar-refractivity contribution in [2.75, 3.05) is 23.3 Å². The second-order valence-corrected chi connectivity index (χ2v) is 4.95. The highest BCUT2D eigenvalue weighted by Crippen LogP contribution is 2.30. The highest BCUT2D eigenvalue weighted by atomic mass is 32.2. The molecule has 0 aliphatic rings. The minimum atomic E-state index is -4.19. The van der Waals surface area contributed by atoms with Crippen molar-refractivity contribution in [2.24, 2.45) is 0 Å². The van der Waals surface area contributed by atoms with Crippen molar-refractivity contribution in [3.8, 4) is 0 Å². The Labute approximate surface area is 108 Å². The molecule has 0 amide bonds. The molecule has 8 heteroatoms. The molecule has 4 nitrogen and oxygen atoms in total. The van der Waals surface area contributed by atoms with Crippen molar-refractivity contribution in [1.29, 1.82) is 0 Å². The number of aryl methyl sites for hydroxylation is 2. The lowest BCUT2D eigenvalue weighted by Crippen LogP contribution is -2.13. The molecule has 3 N–H and O–H groups in total. The van der Waals surface area contributed by atoms with Crippen LogP contribution in [0.3, 0.4) is 0 Å². The number of hydrogen-bond acceptors (Lipinski definition) is 4. The van der Waals surface area contributed by atoms with Gasteiger partial charge in [0.1, 0.15) is 5.82 Å². The maximum atomic E-state index is 12.0.